The molecule has 1 aliphatic carbocycles. The highest BCUT2D eigenvalue weighted by Crippen LogP contribution is 2.42. The van der Waals surface area contributed by atoms with E-state index in [4.69, 9.17) is 18.9 Å². The third-order valence-electron chi connectivity index (χ3n) is 6.80. The van der Waals surface area contributed by atoms with Gasteiger partial charge in [0.2, 0.25) is 0 Å². The van der Waals surface area contributed by atoms with E-state index in [0.29, 0.717) is 25.2 Å². The van der Waals surface area contributed by atoms with E-state index in [2.05, 4.69) is 44.2 Å². The zero-order valence-electron chi connectivity index (χ0n) is 22.8. The van der Waals surface area contributed by atoms with E-state index >= 15 is 0 Å². The number of rotatable bonds is 10. The predicted molar refractivity (Wildman–Crippen MR) is 147 cm³/mol. The Balaban J connectivity index is 1.49. The second-order valence-corrected chi connectivity index (χ2v) is 9.75. The Hall–Kier alpha value is -3.80. The Bertz CT molecular complexity index is 1270. The fraction of sp³-hybridized carbons (Fsp3) is 0.375. The van der Waals surface area contributed by atoms with Crippen LogP contribution in [0.25, 0.3) is 11.1 Å². The smallest absolute Gasteiger partial charge is 0.338 e. The topological polar surface area (TPSA) is 71.1 Å². The van der Waals surface area contributed by atoms with Crippen LogP contribution < -0.4 is 9.47 Å². The second kappa shape index (κ2) is 12.2. The number of carbonyl (C=O) groups excluding carboxylic acids is 2. The van der Waals surface area contributed by atoms with E-state index in [1.54, 1.807) is 19.1 Å². The van der Waals surface area contributed by atoms with Crippen molar-refractivity contribution >= 4 is 11.9 Å². The Labute approximate surface area is 224 Å². The zero-order valence-corrected chi connectivity index (χ0v) is 22.8. The molecule has 200 valence electrons. The molecule has 6 nitrogen and oxygen atoms in total. The lowest BCUT2D eigenvalue weighted by Crippen LogP contribution is -2.15. The van der Waals surface area contributed by atoms with Crippen LogP contribution in [0.15, 0.2) is 54.6 Å². The average molecular weight is 517 g/mol. The third kappa shape index (κ3) is 6.36. The second-order valence-electron chi connectivity index (χ2n) is 9.75. The standard InChI is InChI=1S/C32H36O6/c1-6-35-32(34)24-10-12-25(13-11-24)38-30-15-14-27-28(30)8-7-9-29(27)31-20(2)18-26(19-21(31)3)36-17-16-22(4)37-23(5)33/h7-13,18-19,22,30H,6,14-17H2,1-5H3/t22-,30?/m1/s1. The number of ether oxygens (including phenoxy) is 4. The number of carbonyl (C=O) groups is 2. The van der Waals surface area contributed by atoms with Gasteiger partial charge in [-0.2, -0.15) is 0 Å². The van der Waals surface area contributed by atoms with Crippen molar-refractivity contribution in [1.82, 2.24) is 0 Å². The van der Waals surface area contributed by atoms with Crippen molar-refractivity contribution in [3.63, 3.8) is 0 Å². The SMILES string of the molecule is CCOC(=O)c1ccc(OC2CCc3c(-c4c(C)cc(OCC[C@@H](C)OC(C)=O)cc4C)cccc32)cc1. The van der Waals surface area contributed by atoms with Gasteiger partial charge in [-0.15, -0.1) is 0 Å². The summed E-state index contributed by atoms with van der Waals surface area (Å²) < 4.78 is 22.6. The highest BCUT2D eigenvalue weighted by Gasteiger charge is 2.27. The van der Waals surface area contributed by atoms with Gasteiger partial charge < -0.3 is 18.9 Å². The monoisotopic (exact) mass is 516 g/mol. The van der Waals surface area contributed by atoms with Crippen LogP contribution in [-0.4, -0.2) is 31.3 Å². The van der Waals surface area contributed by atoms with Gasteiger partial charge in [0, 0.05) is 13.3 Å². The number of benzene rings is 3. The Morgan fingerprint density at radius 3 is 2.37 bits per heavy atom. The molecule has 3 aromatic carbocycles. The van der Waals surface area contributed by atoms with Crippen molar-refractivity contribution in [2.75, 3.05) is 13.2 Å². The lowest BCUT2D eigenvalue weighted by Gasteiger charge is -2.19. The van der Waals surface area contributed by atoms with Crippen molar-refractivity contribution in [2.45, 2.75) is 66.1 Å². The number of hydrogen-bond donors (Lipinski definition) is 0. The van der Waals surface area contributed by atoms with Crippen molar-refractivity contribution in [2.24, 2.45) is 0 Å². The zero-order chi connectivity index (χ0) is 27.2. The molecular weight excluding hydrogens is 480 g/mol. The molecule has 0 spiro atoms. The maximum Gasteiger partial charge on any atom is 0.338 e. The van der Waals surface area contributed by atoms with Crippen LogP contribution in [0.4, 0.5) is 0 Å². The molecular formula is C32H36O6. The molecule has 0 aliphatic heterocycles. The summed E-state index contributed by atoms with van der Waals surface area (Å²) in [5, 5.41) is 0. The first-order chi connectivity index (χ1) is 18.3. The maximum atomic E-state index is 11.9. The summed E-state index contributed by atoms with van der Waals surface area (Å²) in [6.45, 7) is 10.1. The molecule has 0 saturated heterocycles. The molecule has 0 aromatic heterocycles. The van der Waals surface area contributed by atoms with Gasteiger partial charge >= 0.3 is 11.9 Å². The van der Waals surface area contributed by atoms with Crippen molar-refractivity contribution in [1.29, 1.82) is 0 Å². The minimum absolute atomic E-state index is 0.0409. The Kier molecular flexibility index (Phi) is 8.72. The Morgan fingerprint density at radius 1 is 1.00 bits per heavy atom. The van der Waals surface area contributed by atoms with Crippen molar-refractivity contribution < 1.29 is 28.5 Å². The molecule has 1 unspecified atom stereocenters. The summed E-state index contributed by atoms with van der Waals surface area (Å²) >= 11 is 0. The quantitative estimate of drug-likeness (QED) is 0.272. The highest BCUT2D eigenvalue weighted by atomic mass is 16.5. The molecule has 3 aromatic rings. The summed E-state index contributed by atoms with van der Waals surface area (Å²) in [4.78, 5) is 23.0. The molecule has 0 bridgehead atoms. The molecule has 38 heavy (non-hydrogen) atoms. The number of fused-ring (bicyclic) bond motifs is 1. The van der Waals surface area contributed by atoms with Gasteiger partial charge in [0.1, 0.15) is 23.7 Å². The van der Waals surface area contributed by atoms with Gasteiger partial charge in [0.05, 0.1) is 18.8 Å². The molecule has 4 rings (SSSR count). The highest BCUT2D eigenvalue weighted by molar-refractivity contribution is 5.89. The van der Waals surface area contributed by atoms with Gasteiger partial charge in [-0.3, -0.25) is 4.79 Å². The summed E-state index contributed by atoms with van der Waals surface area (Å²) in [5.41, 5.74) is 7.80. The Morgan fingerprint density at radius 2 is 1.71 bits per heavy atom. The minimum atomic E-state index is -0.325. The molecule has 6 heteroatoms. The molecule has 0 fully saturated rings. The first-order valence-corrected chi connectivity index (χ1v) is 13.2. The minimum Gasteiger partial charge on any atom is -0.493 e. The van der Waals surface area contributed by atoms with Gasteiger partial charge in [-0.1, -0.05) is 18.2 Å². The molecule has 0 radical (unpaired) electrons. The van der Waals surface area contributed by atoms with Gasteiger partial charge in [0.15, 0.2) is 0 Å². The van der Waals surface area contributed by atoms with Crippen LogP contribution in [0.5, 0.6) is 11.5 Å². The van der Waals surface area contributed by atoms with Crippen molar-refractivity contribution in [3.05, 3.63) is 82.4 Å². The van der Waals surface area contributed by atoms with E-state index in [-0.39, 0.29) is 24.1 Å². The number of aryl methyl sites for hydroxylation is 2. The van der Waals surface area contributed by atoms with Crippen LogP contribution in [0.1, 0.15) is 72.3 Å². The van der Waals surface area contributed by atoms with Crippen molar-refractivity contribution in [3.8, 4) is 22.6 Å². The van der Waals surface area contributed by atoms with E-state index in [9.17, 15) is 9.59 Å². The number of hydrogen-bond acceptors (Lipinski definition) is 6. The molecule has 0 N–H and O–H groups in total. The predicted octanol–water partition coefficient (Wildman–Crippen LogP) is 6.93. The summed E-state index contributed by atoms with van der Waals surface area (Å²) in [5.74, 6) is 0.953. The fourth-order valence-corrected chi connectivity index (χ4v) is 5.14. The number of esters is 2. The van der Waals surface area contributed by atoms with Crippen LogP contribution in [-0.2, 0) is 20.7 Å². The molecule has 0 saturated carbocycles. The lowest BCUT2D eigenvalue weighted by atomic mass is 9.90. The maximum absolute atomic E-state index is 11.9. The van der Waals surface area contributed by atoms with Crippen LogP contribution in [0, 0.1) is 13.8 Å². The van der Waals surface area contributed by atoms with Gasteiger partial charge in [-0.25, -0.2) is 4.79 Å². The summed E-state index contributed by atoms with van der Waals surface area (Å²) in [6.07, 6.45) is 2.25. The largest absolute Gasteiger partial charge is 0.493 e. The third-order valence-corrected chi connectivity index (χ3v) is 6.80. The van der Waals surface area contributed by atoms with Crippen LogP contribution >= 0.6 is 0 Å². The van der Waals surface area contributed by atoms with E-state index in [0.717, 1.165) is 35.5 Å². The fourth-order valence-electron chi connectivity index (χ4n) is 5.14. The molecule has 0 heterocycles. The van der Waals surface area contributed by atoms with E-state index in [1.165, 1.54) is 29.2 Å². The van der Waals surface area contributed by atoms with Gasteiger partial charge in [-0.05, 0) is 110 Å². The molecule has 0 amide bonds. The van der Waals surface area contributed by atoms with Gasteiger partial charge in [0.25, 0.3) is 0 Å². The van der Waals surface area contributed by atoms with E-state index < -0.39 is 0 Å². The molecule has 1 aliphatic rings. The molecule has 2 atom stereocenters. The average Bonchev–Trinajstić information content (AvgIpc) is 3.27. The lowest BCUT2D eigenvalue weighted by molar-refractivity contribution is -0.145. The normalized spacial score (nSPS) is 14.9. The summed E-state index contributed by atoms with van der Waals surface area (Å²) in [6, 6.07) is 17.7. The van der Waals surface area contributed by atoms with Crippen LogP contribution in [0.3, 0.4) is 0 Å². The van der Waals surface area contributed by atoms with Crippen LogP contribution in [0.2, 0.25) is 0 Å². The first kappa shape index (κ1) is 27.2. The van der Waals surface area contributed by atoms with E-state index in [1.807, 2.05) is 19.1 Å². The summed E-state index contributed by atoms with van der Waals surface area (Å²) in [7, 11) is 0. The first-order valence-electron chi connectivity index (χ1n) is 13.2.